The van der Waals surface area contributed by atoms with Crippen LogP contribution >= 0.6 is 11.6 Å². The number of nitrogens with zero attached hydrogens (tertiary/aromatic N) is 2. The first-order valence-electron chi connectivity index (χ1n) is 11.0. The van der Waals surface area contributed by atoms with Gasteiger partial charge in [0.2, 0.25) is 5.96 Å². The lowest BCUT2D eigenvalue weighted by Gasteiger charge is -2.26. The summed E-state index contributed by atoms with van der Waals surface area (Å²) >= 11 is 6.34. The van der Waals surface area contributed by atoms with E-state index in [9.17, 15) is 9.59 Å². The third-order valence-electron chi connectivity index (χ3n) is 5.79. The van der Waals surface area contributed by atoms with Crippen LogP contribution in [0.25, 0.3) is 0 Å². The quantitative estimate of drug-likeness (QED) is 0.557. The minimum atomic E-state index is -0.419. The second kappa shape index (κ2) is 9.25. The minimum absolute atomic E-state index is 0.00141. The maximum absolute atomic E-state index is 12.8. The largest absolute Gasteiger partial charge is 0.486 e. The fraction of sp³-hybridized carbons (Fsp3) is 0.292. The highest BCUT2D eigenvalue weighted by Gasteiger charge is 2.37. The summed E-state index contributed by atoms with van der Waals surface area (Å²) in [5.41, 5.74) is 4.79. The van der Waals surface area contributed by atoms with Gasteiger partial charge in [-0.2, -0.15) is 5.43 Å². The number of aliphatic imine (C=N–C) groups is 1. The molecule has 2 amide bonds. The summed E-state index contributed by atoms with van der Waals surface area (Å²) < 4.78 is 5.90. The smallest absolute Gasteiger partial charge is 0.288 e. The second-order valence-electron chi connectivity index (χ2n) is 8.23. The van der Waals surface area contributed by atoms with Crippen molar-refractivity contribution in [3.63, 3.8) is 0 Å². The van der Waals surface area contributed by atoms with Crippen molar-refractivity contribution < 1.29 is 14.3 Å². The number of hydrogen-bond donors (Lipinski definition) is 3. The summed E-state index contributed by atoms with van der Waals surface area (Å²) in [7, 11) is 0. The van der Waals surface area contributed by atoms with Gasteiger partial charge in [-0.15, -0.1) is 0 Å². The molecule has 33 heavy (non-hydrogen) atoms. The third kappa shape index (κ3) is 4.72. The van der Waals surface area contributed by atoms with E-state index < -0.39 is 12.1 Å². The molecule has 1 fully saturated rings. The SMILES string of the molecule is O=C(NCCC1CC1)c1ccccc1OCC1=C(Cl)C(=O)N2NC(c3ccccc3)N=C2N1. The molecule has 2 heterocycles. The van der Waals surface area contributed by atoms with Crippen LogP contribution < -0.4 is 20.8 Å². The lowest BCUT2D eigenvalue weighted by atomic mass is 10.2. The van der Waals surface area contributed by atoms with Gasteiger partial charge in [0.1, 0.15) is 23.6 Å². The Morgan fingerprint density at radius 1 is 1.15 bits per heavy atom. The van der Waals surface area contributed by atoms with Crippen LogP contribution in [0.3, 0.4) is 0 Å². The number of fused-ring (bicyclic) bond motifs is 1. The van der Waals surface area contributed by atoms with Gasteiger partial charge in [-0.05, 0) is 30.0 Å². The maximum Gasteiger partial charge on any atom is 0.288 e. The molecular formula is C24H24ClN5O3. The highest BCUT2D eigenvalue weighted by atomic mass is 35.5. The van der Waals surface area contributed by atoms with Crippen molar-refractivity contribution in [2.75, 3.05) is 13.2 Å². The number of para-hydroxylation sites is 1. The number of nitrogens with one attached hydrogen (secondary N) is 3. The van der Waals surface area contributed by atoms with Crippen molar-refractivity contribution in [3.05, 3.63) is 76.5 Å². The Morgan fingerprint density at radius 3 is 2.70 bits per heavy atom. The van der Waals surface area contributed by atoms with E-state index in [2.05, 4.69) is 21.1 Å². The molecular weight excluding hydrogens is 442 g/mol. The van der Waals surface area contributed by atoms with Crippen LogP contribution in [-0.4, -0.2) is 35.9 Å². The first-order chi connectivity index (χ1) is 16.1. The Kier molecular flexibility index (Phi) is 6.02. The van der Waals surface area contributed by atoms with Crippen LogP contribution in [0.2, 0.25) is 0 Å². The van der Waals surface area contributed by atoms with Gasteiger partial charge in [-0.1, -0.05) is 66.9 Å². The second-order valence-corrected chi connectivity index (χ2v) is 8.60. The van der Waals surface area contributed by atoms with Gasteiger partial charge in [0.25, 0.3) is 11.8 Å². The molecule has 1 aliphatic carbocycles. The number of rotatable bonds is 8. The molecule has 1 unspecified atom stereocenters. The van der Waals surface area contributed by atoms with Crippen LogP contribution in [0.1, 0.15) is 41.3 Å². The van der Waals surface area contributed by atoms with E-state index >= 15 is 0 Å². The topological polar surface area (TPSA) is 95.1 Å². The van der Waals surface area contributed by atoms with Gasteiger partial charge >= 0.3 is 0 Å². The van der Waals surface area contributed by atoms with E-state index in [-0.39, 0.29) is 17.5 Å². The zero-order valence-electron chi connectivity index (χ0n) is 17.9. The van der Waals surface area contributed by atoms with Gasteiger partial charge in [-0.25, -0.2) is 10.0 Å². The van der Waals surface area contributed by atoms with Crippen LogP contribution in [0.5, 0.6) is 5.75 Å². The molecule has 2 aromatic rings. The van der Waals surface area contributed by atoms with E-state index in [1.165, 1.54) is 17.9 Å². The van der Waals surface area contributed by atoms with Crippen LogP contribution in [0.15, 0.2) is 70.3 Å². The molecule has 3 N–H and O–H groups in total. The average molecular weight is 466 g/mol. The predicted molar refractivity (Wildman–Crippen MR) is 124 cm³/mol. The summed E-state index contributed by atoms with van der Waals surface area (Å²) in [5.74, 6) is 0.916. The molecule has 1 atom stereocenters. The molecule has 170 valence electrons. The molecule has 0 spiro atoms. The summed E-state index contributed by atoms with van der Waals surface area (Å²) in [6, 6.07) is 16.6. The first-order valence-corrected chi connectivity index (χ1v) is 11.4. The van der Waals surface area contributed by atoms with Crippen LogP contribution in [0.4, 0.5) is 0 Å². The van der Waals surface area contributed by atoms with Crippen molar-refractivity contribution in [1.29, 1.82) is 0 Å². The lowest BCUT2D eigenvalue weighted by Crippen LogP contribution is -2.52. The van der Waals surface area contributed by atoms with Gasteiger partial charge in [0.05, 0.1) is 11.3 Å². The van der Waals surface area contributed by atoms with Crippen LogP contribution in [-0.2, 0) is 4.79 Å². The van der Waals surface area contributed by atoms with E-state index in [1.807, 2.05) is 30.3 Å². The molecule has 2 aromatic carbocycles. The number of amides is 2. The Morgan fingerprint density at radius 2 is 1.91 bits per heavy atom. The lowest BCUT2D eigenvalue weighted by molar-refractivity contribution is -0.125. The summed E-state index contributed by atoms with van der Waals surface area (Å²) in [6.45, 7) is 0.635. The third-order valence-corrected chi connectivity index (χ3v) is 6.18. The van der Waals surface area contributed by atoms with Crippen molar-refractivity contribution in [2.24, 2.45) is 10.9 Å². The van der Waals surface area contributed by atoms with E-state index in [1.54, 1.807) is 24.3 Å². The number of hydrogen-bond acceptors (Lipinski definition) is 6. The molecule has 9 heteroatoms. The molecule has 3 aliphatic rings. The standard InChI is InChI=1S/C24H24ClN5O3/c25-20-18(27-24-28-21(29-30(24)23(20)32)16-6-2-1-3-7-16)14-33-19-9-5-4-8-17(19)22(31)26-13-12-15-10-11-15/h1-9,15,21,29H,10-14H2,(H,26,31)(H,27,28). The van der Waals surface area contributed by atoms with Crippen molar-refractivity contribution in [3.8, 4) is 5.75 Å². The first kappa shape index (κ1) is 21.5. The van der Waals surface area contributed by atoms with Crippen molar-refractivity contribution >= 4 is 29.4 Å². The number of benzene rings is 2. The number of carbonyl (C=O) groups is 2. The molecule has 0 aromatic heterocycles. The van der Waals surface area contributed by atoms with E-state index in [0.29, 0.717) is 29.5 Å². The highest BCUT2D eigenvalue weighted by molar-refractivity contribution is 6.44. The Labute approximate surface area is 196 Å². The number of guanidine groups is 1. The zero-order valence-corrected chi connectivity index (χ0v) is 18.6. The van der Waals surface area contributed by atoms with Crippen LogP contribution in [0, 0.1) is 5.92 Å². The summed E-state index contributed by atoms with van der Waals surface area (Å²) in [4.78, 5) is 30.0. The molecule has 8 nitrogen and oxygen atoms in total. The Bertz CT molecular complexity index is 1130. The van der Waals surface area contributed by atoms with Gasteiger partial charge in [0, 0.05) is 6.54 Å². The predicted octanol–water partition coefficient (Wildman–Crippen LogP) is 3.05. The zero-order chi connectivity index (χ0) is 22.8. The fourth-order valence-electron chi connectivity index (χ4n) is 3.76. The average Bonchev–Trinajstić information content (AvgIpc) is 3.57. The number of ether oxygens (including phenoxy) is 1. The molecule has 2 aliphatic heterocycles. The maximum atomic E-state index is 12.8. The number of halogens is 1. The van der Waals surface area contributed by atoms with E-state index in [0.717, 1.165) is 17.9 Å². The molecule has 0 radical (unpaired) electrons. The molecule has 0 bridgehead atoms. The van der Waals surface area contributed by atoms with Crippen molar-refractivity contribution in [2.45, 2.75) is 25.4 Å². The molecule has 5 rings (SSSR count). The normalized spacial score (nSPS) is 19.7. The number of carbonyl (C=O) groups excluding carboxylic acids is 2. The summed E-state index contributed by atoms with van der Waals surface area (Å²) in [6.07, 6.45) is 3.10. The molecule has 0 saturated heterocycles. The minimum Gasteiger partial charge on any atom is -0.486 e. The summed E-state index contributed by atoms with van der Waals surface area (Å²) in [5, 5.41) is 7.33. The fourth-order valence-corrected chi connectivity index (χ4v) is 3.94. The van der Waals surface area contributed by atoms with Gasteiger partial charge in [-0.3, -0.25) is 9.59 Å². The highest BCUT2D eigenvalue weighted by Crippen LogP contribution is 2.32. The Balaban J connectivity index is 1.26. The molecule has 1 saturated carbocycles. The Hall–Kier alpha value is -3.36. The van der Waals surface area contributed by atoms with Gasteiger partial charge in [0.15, 0.2) is 0 Å². The monoisotopic (exact) mass is 465 g/mol. The number of hydrazine groups is 1. The van der Waals surface area contributed by atoms with Gasteiger partial charge < -0.3 is 15.4 Å². The van der Waals surface area contributed by atoms with Crippen molar-refractivity contribution in [1.82, 2.24) is 21.1 Å². The van der Waals surface area contributed by atoms with E-state index in [4.69, 9.17) is 16.3 Å².